The van der Waals surface area contributed by atoms with Gasteiger partial charge >= 0.3 is 5.97 Å². The third-order valence-corrected chi connectivity index (χ3v) is 2.15. The highest BCUT2D eigenvalue weighted by Gasteiger charge is 2.50. The number of carbonyl (C=O) groups excluding carboxylic acids is 1. The third-order valence-electron chi connectivity index (χ3n) is 2.15. The maximum atomic E-state index is 11.2. The summed E-state index contributed by atoms with van der Waals surface area (Å²) in [6, 6.07) is 0. The Bertz CT molecular complexity index is 215. The van der Waals surface area contributed by atoms with Gasteiger partial charge in [0.1, 0.15) is 12.2 Å². The zero-order chi connectivity index (χ0) is 8.82. The molecule has 4 nitrogen and oxygen atoms in total. The van der Waals surface area contributed by atoms with Crippen molar-refractivity contribution >= 4 is 5.97 Å². The van der Waals surface area contributed by atoms with Crippen molar-refractivity contribution < 1.29 is 19.0 Å². The Morgan fingerprint density at radius 2 is 2.00 bits per heavy atom. The molecule has 68 valence electrons. The Balaban J connectivity index is 1.76. The van der Waals surface area contributed by atoms with E-state index in [4.69, 9.17) is 14.2 Å². The second-order valence-corrected chi connectivity index (χ2v) is 3.83. The van der Waals surface area contributed by atoms with Crippen LogP contribution in [-0.2, 0) is 19.0 Å². The molecule has 2 atom stereocenters. The number of hydrogen-bond donors (Lipinski definition) is 0. The van der Waals surface area contributed by atoms with Crippen LogP contribution in [0.4, 0.5) is 0 Å². The van der Waals surface area contributed by atoms with Gasteiger partial charge in [-0.05, 0) is 13.8 Å². The van der Waals surface area contributed by atoms with Gasteiger partial charge in [0.05, 0.1) is 13.2 Å². The maximum absolute atomic E-state index is 11.2. The monoisotopic (exact) mass is 172 g/mol. The summed E-state index contributed by atoms with van der Waals surface area (Å²) in [5.41, 5.74) is -0.883. The van der Waals surface area contributed by atoms with Crippen LogP contribution in [0.5, 0.6) is 0 Å². The molecule has 2 aliphatic rings. The molecule has 0 unspecified atom stereocenters. The molecule has 0 aromatic heterocycles. The largest absolute Gasteiger partial charge is 0.460 e. The molecule has 0 amide bonds. The molecule has 2 heterocycles. The highest BCUT2D eigenvalue weighted by Crippen LogP contribution is 2.30. The average Bonchev–Trinajstić information content (AvgIpc) is 2.89. The van der Waals surface area contributed by atoms with E-state index in [9.17, 15) is 4.79 Å². The van der Waals surface area contributed by atoms with Gasteiger partial charge in [-0.2, -0.15) is 0 Å². The van der Waals surface area contributed by atoms with Crippen molar-refractivity contribution in [3.8, 4) is 0 Å². The summed E-state index contributed by atoms with van der Waals surface area (Å²) in [7, 11) is 0. The zero-order valence-electron chi connectivity index (χ0n) is 7.25. The lowest BCUT2D eigenvalue weighted by Gasteiger charge is -2.08. The number of carbonyl (C=O) groups is 1. The van der Waals surface area contributed by atoms with Gasteiger partial charge in [-0.1, -0.05) is 0 Å². The first kappa shape index (κ1) is 8.01. The van der Waals surface area contributed by atoms with Gasteiger partial charge in [-0.3, -0.25) is 0 Å². The van der Waals surface area contributed by atoms with Crippen LogP contribution in [0.15, 0.2) is 0 Å². The third kappa shape index (κ3) is 1.44. The van der Waals surface area contributed by atoms with Crippen molar-refractivity contribution in [2.45, 2.75) is 25.0 Å². The Morgan fingerprint density at radius 1 is 1.42 bits per heavy atom. The van der Waals surface area contributed by atoms with Crippen molar-refractivity contribution in [2.75, 3.05) is 19.8 Å². The highest BCUT2D eigenvalue weighted by atomic mass is 16.7. The van der Waals surface area contributed by atoms with E-state index in [-0.39, 0.29) is 11.6 Å². The van der Waals surface area contributed by atoms with Crippen LogP contribution in [0.3, 0.4) is 0 Å². The van der Waals surface area contributed by atoms with E-state index in [1.54, 1.807) is 6.92 Å². The van der Waals surface area contributed by atoms with E-state index in [1.807, 2.05) is 6.92 Å². The van der Waals surface area contributed by atoms with E-state index < -0.39 is 5.60 Å². The molecule has 0 aliphatic carbocycles. The summed E-state index contributed by atoms with van der Waals surface area (Å²) in [5.74, 6) is -0.278. The number of epoxide rings is 2. The smallest absolute Gasteiger partial charge is 0.340 e. The Kier molecular flexibility index (Phi) is 1.47. The van der Waals surface area contributed by atoms with E-state index in [1.165, 1.54) is 0 Å². The molecule has 0 spiro atoms. The fourth-order valence-corrected chi connectivity index (χ4v) is 0.804. The average molecular weight is 172 g/mol. The van der Waals surface area contributed by atoms with Crippen LogP contribution in [0.2, 0.25) is 0 Å². The van der Waals surface area contributed by atoms with E-state index in [2.05, 4.69) is 0 Å². The van der Waals surface area contributed by atoms with Gasteiger partial charge in [-0.15, -0.1) is 0 Å². The first-order valence-corrected chi connectivity index (χ1v) is 3.99. The summed E-state index contributed by atoms with van der Waals surface area (Å²) in [6.45, 7) is 5.13. The minimum absolute atomic E-state index is 0.221. The van der Waals surface area contributed by atoms with Crippen LogP contribution in [0.25, 0.3) is 0 Å². The molecule has 0 bridgehead atoms. The van der Waals surface area contributed by atoms with Crippen molar-refractivity contribution in [1.29, 1.82) is 0 Å². The molecule has 2 fully saturated rings. The zero-order valence-corrected chi connectivity index (χ0v) is 7.25. The number of hydrogen-bond acceptors (Lipinski definition) is 4. The van der Waals surface area contributed by atoms with Gasteiger partial charge in [0, 0.05) is 0 Å². The minimum Gasteiger partial charge on any atom is -0.460 e. The molecule has 0 aromatic carbocycles. The summed E-state index contributed by atoms with van der Waals surface area (Å²) in [4.78, 5) is 11.2. The predicted octanol–water partition coefficient (Wildman–Crippen LogP) is 0.107. The topological polar surface area (TPSA) is 51.4 Å². The minimum atomic E-state index is -0.661. The Labute approximate surface area is 70.8 Å². The van der Waals surface area contributed by atoms with E-state index >= 15 is 0 Å². The Morgan fingerprint density at radius 3 is 2.42 bits per heavy atom. The molecule has 2 saturated heterocycles. The van der Waals surface area contributed by atoms with Crippen LogP contribution in [0.1, 0.15) is 13.8 Å². The molecule has 0 radical (unpaired) electrons. The van der Waals surface area contributed by atoms with Crippen molar-refractivity contribution in [1.82, 2.24) is 0 Å². The Hall–Kier alpha value is -0.610. The van der Waals surface area contributed by atoms with Crippen molar-refractivity contribution in [2.24, 2.45) is 0 Å². The van der Waals surface area contributed by atoms with Crippen LogP contribution in [-0.4, -0.2) is 37.0 Å². The molecule has 2 rings (SSSR count). The predicted molar refractivity (Wildman–Crippen MR) is 39.7 cm³/mol. The van der Waals surface area contributed by atoms with Gasteiger partial charge in [0.25, 0.3) is 0 Å². The molecule has 4 heteroatoms. The number of rotatable bonds is 3. The number of esters is 1. The van der Waals surface area contributed by atoms with E-state index in [0.717, 1.165) is 0 Å². The molecule has 12 heavy (non-hydrogen) atoms. The SMILES string of the molecule is C[C@]1(COC(=O)[C@]2(C)CO2)CO1. The normalized spacial score (nSPS) is 43.8. The summed E-state index contributed by atoms with van der Waals surface area (Å²) >= 11 is 0. The van der Waals surface area contributed by atoms with Gasteiger partial charge in [0.2, 0.25) is 0 Å². The van der Waals surface area contributed by atoms with E-state index in [0.29, 0.717) is 19.8 Å². The first-order chi connectivity index (χ1) is 5.54. The molecule has 0 N–H and O–H groups in total. The van der Waals surface area contributed by atoms with Crippen LogP contribution < -0.4 is 0 Å². The fourth-order valence-electron chi connectivity index (χ4n) is 0.804. The molecular weight excluding hydrogens is 160 g/mol. The van der Waals surface area contributed by atoms with Crippen molar-refractivity contribution in [3.63, 3.8) is 0 Å². The van der Waals surface area contributed by atoms with Gasteiger partial charge < -0.3 is 14.2 Å². The van der Waals surface area contributed by atoms with Gasteiger partial charge in [0.15, 0.2) is 5.60 Å². The first-order valence-electron chi connectivity index (χ1n) is 3.99. The molecule has 2 aliphatic heterocycles. The lowest BCUT2D eigenvalue weighted by atomic mass is 10.2. The molecular formula is C8H12O4. The summed E-state index contributed by atoms with van der Waals surface area (Å²) in [6.07, 6.45) is 0. The van der Waals surface area contributed by atoms with Crippen LogP contribution in [0, 0.1) is 0 Å². The lowest BCUT2D eigenvalue weighted by molar-refractivity contribution is -0.150. The highest BCUT2D eigenvalue weighted by molar-refractivity contribution is 5.81. The standard InChI is InChI=1S/C8H12O4/c1-7(4-11-7)3-10-6(9)8(2)5-12-8/h3-5H2,1-2H3/t7-,8-/m0/s1. The summed E-state index contributed by atoms with van der Waals surface area (Å²) < 4.78 is 15.0. The second kappa shape index (κ2) is 2.20. The second-order valence-electron chi connectivity index (χ2n) is 3.83. The summed E-state index contributed by atoms with van der Waals surface area (Å²) in [5, 5.41) is 0. The fraction of sp³-hybridized carbons (Fsp3) is 0.875. The quantitative estimate of drug-likeness (QED) is 0.447. The number of ether oxygens (including phenoxy) is 3. The van der Waals surface area contributed by atoms with Crippen LogP contribution >= 0.6 is 0 Å². The maximum Gasteiger partial charge on any atom is 0.340 e. The lowest BCUT2D eigenvalue weighted by Crippen LogP contribution is -2.27. The van der Waals surface area contributed by atoms with Gasteiger partial charge in [-0.25, -0.2) is 4.79 Å². The molecule has 0 saturated carbocycles. The van der Waals surface area contributed by atoms with Crippen molar-refractivity contribution in [3.05, 3.63) is 0 Å². The molecule has 0 aromatic rings.